The van der Waals surface area contributed by atoms with Crippen LogP contribution in [-0.2, 0) is 6.54 Å². The van der Waals surface area contributed by atoms with Crippen LogP contribution in [0.3, 0.4) is 0 Å². The van der Waals surface area contributed by atoms with E-state index in [-0.39, 0.29) is 0 Å². The highest BCUT2D eigenvalue weighted by atomic mass is 15.2. The number of nitrogens with zero attached hydrogens (tertiary/aromatic N) is 2. The van der Waals surface area contributed by atoms with Crippen LogP contribution >= 0.6 is 0 Å². The van der Waals surface area contributed by atoms with Crippen molar-refractivity contribution in [1.82, 2.24) is 10.3 Å². The van der Waals surface area contributed by atoms with E-state index in [0.29, 0.717) is 6.04 Å². The summed E-state index contributed by atoms with van der Waals surface area (Å²) in [5, 5.41) is 3.29. The molecular weight excluding hydrogens is 198 g/mol. The molecule has 16 heavy (non-hydrogen) atoms. The van der Waals surface area contributed by atoms with E-state index in [9.17, 15) is 0 Å². The lowest BCUT2D eigenvalue weighted by Gasteiger charge is -2.24. The number of aromatic nitrogens is 1. The lowest BCUT2D eigenvalue weighted by atomic mass is 10.2. The zero-order valence-corrected chi connectivity index (χ0v) is 10.8. The number of hydrogen-bond donors (Lipinski definition) is 1. The van der Waals surface area contributed by atoms with E-state index in [4.69, 9.17) is 0 Å². The Morgan fingerprint density at radius 1 is 1.38 bits per heavy atom. The largest absolute Gasteiger partial charge is 0.357 e. The molecule has 1 aromatic rings. The zero-order chi connectivity index (χ0) is 12.0. The van der Waals surface area contributed by atoms with Gasteiger partial charge in [0.25, 0.3) is 0 Å². The summed E-state index contributed by atoms with van der Waals surface area (Å²) in [6.07, 6.45) is 3.09. The summed E-state index contributed by atoms with van der Waals surface area (Å²) in [7, 11) is 2.10. The van der Waals surface area contributed by atoms with Gasteiger partial charge in [0, 0.05) is 25.8 Å². The third-order valence-electron chi connectivity index (χ3n) is 3.00. The molecule has 0 aromatic carbocycles. The molecule has 3 nitrogen and oxygen atoms in total. The van der Waals surface area contributed by atoms with Crippen LogP contribution in [0.25, 0.3) is 0 Å². The molecule has 1 N–H and O–H groups in total. The van der Waals surface area contributed by atoms with Crippen molar-refractivity contribution in [2.45, 2.75) is 39.8 Å². The second kappa shape index (κ2) is 6.48. The van der Waals surface area contributed by atoms with Gasteiger partial charge in [-0.3, -0.25) is 0 Å². The molecule has 90 valence electrons. The van der Waals surface area contributed by atoms with Gasteiger partial charge in [-0.1, -0.05) is 19.9 Å². The quantitative estimate of drug-likeness (QED) is 0.799. The fourth-order valence-corrected chi connectivity index (χ4v) is 1.50. The molecule has 1 rings (SSSR count). The molecule has 0 aliphatic rings. The smallest absolute Gasteiger partial charge is 0.128 e. The Hall–Kier alpha value is -1.09. The Morgan fingerprint density at radius 2 is 2.12 bits per heavy atom. The molecule has 0 saturated heterocycles. The minimum Gasteiger partial charge on any atom is -0.357 e. The lowest BCUT2D eigenvalue weighted by Crippen LogP contribution is -2.28. The van der Waals surface area contributed by atoms with Gasteiger partial charge in [0.1, 0.15) is 5.82 Å². The number of anilines is 1. The van der Waals surface area contributed by atoms with Crippen molar-refractivity contribution in [2.75, 3.05) is 18.5 Å². The second-order valence-electron chi connectivity index (χ2n) is 4.17. The molecule has 1 unspecified atom stereocenters. The summed E-state index contributed by atoms with van der Waals surface area (Å²) >= 11 is 0. The number of nitrogens with one attached hydrogen (secondary N) is 1. The van der Waals surface area contributed by atoms with Gasteiger partial charge in [-0.05, 0) is 31.5 Å². The van der Waals surface area contributed by atoms with Crippen molar-refractivity contribution in [3.8, 4) is 0 Å². The number of rotatable bonds is 6. The van der Waals surface area contributed by atoms with Crippen LogP contribution < -0.4 is 10.2 Å². The van der Waals surface area contributed by atoms with Gasteiger partial charge in [-0.2, -0.15) is 0 Å². The zero-order valence-electron chi connectivity index (χ0n) is 10.8. The van der Waals surface area contributed by atoms with Gasteiger partial charge in [0.05, 0.1) is 0 Å². The van der Waals surface area contributed by atoms with Crippen LogP contribution in [0.1, 0.15) is 32.8 Å². The summed E-state index contributed by atoms with van der Waals surface area (Å²) in [6, 6.07) is 4.77. The molecule has 0 bridgehead atoms. The van der Waals surface area contributed by atoms with Crippen LogP contribution in [0.2, 0.25) is 0 Å². The van der Waals surface area contributed by atoms with E-state index in [1.165, 1.54) is 5.56 Å². The average molecular weight is 221 g/mol. The molecule has 0 amide bonds. The standard InChI is InChI=1S/C13H23N3/c1-5-11(3)16(4)13-8-7-12(10-15-13)9-14-6-2/h7-8,10-11,14H,5-6,9H2,1-4H3. The molecular formula is C13H23N3. The van der Waals surface area contributed by atoms with Crippen molar-refractivity contribution >= 4 is 5.82 Å². The molecule has 0 radical (unpaired) electrons. The Balaban J connectivity index is 2.63. The highest BCUT2D eigenvalue weighted by Crippen LogP contribution is 2.13. The van der Waals surface area contributed by atoms with Gasteiger partial charge in [-0.15, -0.1) is 0 Å². The molecule has 3 heteroatoms. The van der Waals surface area contributed by atoms with Crippen molar-refractivity contribution in [3.63, 3.8) is 0 Å². The monoisotopic (exact) mass is 221 g/mol. The second-order valence-corrected chi connectivity index (χ2v) is 4.17. The van der Waals surface area contributed by atoms with E-state index < -0.39 is 0 Å². The SMILES string of the molecule is CCNCc1ccc(N(C)C(C)CC)nc1. The summed E-state index contributed by atoms with van der Waals surface area (Å²) in [4.78, 5) is 6.71. The maximum absolute atomic E-state index is 4.49. The van der Waals surface area contributed by atoms with Crippen LogP contribution in [0.5, 0.6) is 0 Å². The fourth-order valence-electron chi connectivity index (χ4n) is 1.50. The summed E-state index contributed by atoms with van der Waals surface area (Å²) in [5.41, 5.74) is 1.24. The van der Waals surface area contributed by atoms with E-state index >= 15 is 0 Å². The molecule has 0 saturated carbocycles. The molecule has 1 atom stereocenters. The number of hydrogen-bond acceptors (Lipinski definition) is 3. The number of pyridine rings is 1. The van der Waals surface area contributed by atoms with Gasteiger partial charge in [-0.25, -0.2) is 4.98 Å². The van der Waals surface area contributed by atoms with E-state index in [1.54, 1.807) is 0 Å². The highest BCUT2D eigenvalue weighted by molar-refractivity contribution is 5.39. The van der Waals surface area contributed by atoms with Gasteiger partial charge in [0.2, 0.25) is 0 Å². The van der Waals surface area contributed by atoms with Crippen molar-refractivity contribution in [3.05, 3.63) is 23.9 Å². The van der Waals surface area contributed by atoms with E-state index in [1.807, 2.05) is 6.20 Å². The normalized spacial score (nSPS) is 12.5. The van der Waals surface area contributed by atoms with Gasteiger partial charge < -0.3 is 10.2 Å². The lowest BCUT2D eigenvalue weighted by molar-refractivity contribution is 0.656. The average Bonchev–Trinajstić information content (AvgIpc) is 2.35. The van der Waals surface area contributed by atoms with Gasteiger partial charge in [0.15, 0.2) is 0 Å². The van der Waals surface area contributed by atoms with Crippen molar-refractivity contribution in [2.24, 2.45) is 0 Å². The minimum absolute atomic E-state index is 0.534. The first-order valence-electron chi connectivity index (χ1n) is 6.07. The topological polar surface area (TPSA) is 28.2 Å². The third-order valence-corrected chi connectivity index (χ3v) is 3.00. The molecule has 1 aromatic heterocycles. The maximum atomic E-state index is 4.49. The Morgan fingerprint density at radius 3 is 2.62 bits per heavy atom. The Bertz CT molecular complexity index is 295. The predicted octanol–water partition coefficient (Wildman–Crippen LogP) is 2.43. The molecule has 0 aliphatic heterocycles. The molecule has 1 heterocycles. The van der Waals surface area contributed by atoms with Gasteiger partial charge >= 0.3 is 0 Å². The summed E-state index contributed by atoms with van der Waals surface area (Å²) in [6.45, 7) is 8.42. The third kappa shape index (κ3) is 3.49. The first-order chi connectivity index (χ1) is 7.69. The molecule has 0 spiro atoms. The molecule has 0 aliphatic carbocycles. The van der Waals surface area contributed by atoms with Crippen LogP contribution in [-0.4, -0.2) is 24.6 Å². The van der Waals surface area contributed by atoms with Crippen molar-refractivity contribution in [1.29, 1.82) is 0 Å². The Kier molecular flexibility index (Phi) is 5.26. The first-order valence-corrected chi connectivity index (χ1v) is 6.07. The summed E-state index contributed by atoms with van der Waals surface area (Å²) in [5.74, 6) is 1.05. The highest BCUT2D eigenvalue weighted by Gasteiger charge is 2.08. The molecule has 0 fully saturated rings. The van der Waals surface area contributed by atoms with Crippen LogP contribution in [0.15, 0.2) is 18.3 Å². The Labute approximate surface area is 98.9 Å². The first kappa shape index (κ1) is 13.0. The van der Waals surface area contributed by atoms with Crippen LogP contribution in [0, 0.1) is 0 Å². The maximum Gasteiger partial charge on any atom is 0.128 e. The summed E-state index contributed by atoms with van der Waals surface area (Å²) < 4.78 is 0. The predicted molar refractivity (Wildman–Crippen MR) is 69.8 cm³/mol. The van der Waals surface area contributed by atoms with Crippen LogP contribution in [0.4, 0.5) is 5.82 Å². The van der Waals surface area contributed by atoms with E-state index in [2.05, 4.69) is 55.2 Å². The fraction of sp³-hybridized carbons (Fsp3) is 0.615. The minimum atomic E-state index is 0.534. The van der Waals surface area contributed by atoms with Crippen molar-refractivity contribution < 1.29 is 0 Å². The van der Waals surface area contributed by atoms with E-state index in [0.717, 1.165) is 25.3 Å².